The Balaban J connectivity index is 2.62. The van der Waals surface area contributed by atoms with E-state index in [1.54, 1.807) is 13.0 Å². The monoisotopic (exact) mass is 196 g/mol. The fraction of sp³-hybridized carbons (Fsp3) is 0.750. The molecule has 1 rings (SSSR count). The van der Waals surface area contributed by atoms with Gasteiger partial charge in [-0.3, -0.25) is 4.79 Å². The van der Waals surface area contributed by atoms with Crippen LogP contribution in [-0.4, -0.2) is 16.5 Å². The maximum atomic E-state index is 11.3. The van der Waals surface area contributed by atoms with Crippen molar-refractivity contribution in [3.63, 3.8) is 0 Å². The summed E-state index contributed by atoms with van der Waals surface area (Å²) in [7, 11) is 0. The molecule has 0 spiro atoms. The fourth-order valence-corrected chi connectivity index (χ4v) is 2.61. The van der Waals surface area contributed by atoms with Gasteiger partial charge in [0.2, 0.25) is 0 Å². The maximum Gasteiger partial charge on any atom is 0.133 e. The van der Waals surface area contributed by atoms with Crippen molar-refractivity contribution >= 4 is 5.78 Å². The number of hydrogen-bond donors (Lipinski definition) is 1. The predicted molar refractivity (Wildman–Crippen MR) is 56.9 cm³/mol. The summed E-state index contributed by atoms with van der Waals surface area (Å²) in [6.07, 6.45) is 4.68. The van der Waals surface area contributed by atoms with Gasteiger partial charge in [0, 0.05) is 5.92 Å². The molecule has 1 N–H and O–H groups in total. The fourth-order valence-electron chi connectivity index (χ4n) is 2.61. The van der Waals surface area contributed by atoms with E-state index in [2.05, 4.69) is 13.5 Å². The molecule has 1 aliphatic carbocycles. The Labute approximate surface area is 86.0 Å². The Morgan fingerprint density at radius 1 is 1.71 bits per heavy atom. The first-order chi connectivity index (χ1) is 6.48. The summed E-state index contributed by atoms with van der Waals surface area (Å²) in [6.45, 7) is 7.36. The van der Waals surface area contributed by atoms with E-state index in [1.807, 2.05) is 0 Å². The summed E-state index contributed by atoms with van der Waals surface area (Å²) < 4.78 is 0. The second kappa shape index (κ2) is 4.26. The number of hydrogen-bond acceptors (Lipinski definition) is 2. The quantitative estimate of drug-likeness (QED) is 0.703. The first-order valence-corrected chi connectivity index (χ1v) is 5.32. The van der Waals surface area contributed by atoms with Gasteiger partial charge in [-0.05, 0) is 38.5 Å². The van der Waals surface area contributed by atoms with Gasteiger partial charge in [-0.25, -0.2) is 0 Å². The molecule has 14 heavy (non-hydrogen) atoms. The molecule has 0 aliphatic heterocycles. The molecule has 0 amide bonds. The van der Waals surface area contributed by atoms with E-state index in [0.717, 1.165) is 19.3 Å². The van der Waals surface area contributed by atoms with Crippen molar-refractivity contribution in [2.75, 3.05) is 0 Å². The van der Waals surface area contributed by atoms with Crippen molar-refractivity contribution in [1.82, 2.24) is 0 Å². The Hall–Kier alpha value is -0.630. The van der Waals surface area contributed by atoms with E-state index in [1.165, 1.54) is 0 Å². The molecule has 80 valence electrons. The van der Waals surface area contributed by atoms with Crippen LogP contribution in [0.3, 0.4) is 0 Å². The van der Waals surface area contributed by atoms with E-state index < -0.39 is 5.60 Å². The third-order valence-electron chi connectivity index (χ3n) is 3.36. The molecule has 0 saturated heterocycles. The minimum Gasteiger partial charge on any atom is -0.390 e. The summed E-state index contributed by atoms with van der Waals surface area (Å²) in [5, 5.41) is 10.2. The third kappa shape index (κ3) is 2.44. The lowest BCUT2D eigenvalue weighted by Crippen LogP contribution is -2.39. The molecule has 3 atom stereocenters. The van der Waals surface area contributed by atoms with Gasteiger partial charge in [-0.15, -0.1) is 6.58 Å². The van der Waals surface area contributed by atoms with Gasteiger partial charge in [-0.1, -0.05) is 13.0 Å². The second-order valence-corrected chi connectivity index (χ2v) is 4.65. The first kappa shape index (κ1) is 11.4. The molecule has 1 aliphatic rings. The highest BCUT2D eigenvalue weighted by atomic mass is 16.3. The standard InChI is InChI=1S/C12H20O2/c1-4-6-12(14)7-5-11(10(3)13)9(2)8-12/h4,9,11,14H,1,5-8H2,2-3H3/t9-,11-,12+/m0/s1. The first-order valence-electron chi connectivity index (χ1n) is 5.32. The zero-order chi connectivity index (χ0) is 10.8. The van der Waals surface area contributed by atoms with Gasteiger partial charge in [0.1, 0.15) is 5.78 Å². The van der Waals surface area contributed by atoms with Crippen molar-refractivity contribution in [3.8, 4) is 0 Å². The Bertz CT molecular complexity index is 234. The average molecular weight is 196 g/mol. The van der Waals surface area contributed by atoms with Crippen LogP contribution in [0.2, 0.25) is 0 Å². The Kier molecular flexibility index (Phi) is 3.48. The van der Waals surface area contributed by atoms with E-state index in [4.69, 9.17) is 0 Å². The minimum absolute atomic E-state index is 0.153. The van der Waals surface area contributed by atoms with Crippen LogP contribution in [0, 0.1) is 11.8 Å². The molecule has 0 aromatic carbocycles. The van der Waals surface area contributed by atoms with Gasteiger partial charge < -0.3 is 5.11 Å². The van der Waals surface area contributed by atoms with Crippen LogP contribution in [0.4, 0.5) is 0 Å². The largest absolute Gasteiger partial charge is 0.390 e. The Morgan fingerprint density at radius 2 is 2.36 bits per heavy atom. The van der Waals surface area contributed by atoms with Crippen molar-refractivity contribution in [2.24, 2.45) is 11.8 Å². The average Bonchev–Trinajstić information content (AvgIpc) is 2.02. The highest BCUT2D eigenvalue weighted by Gasteiger charge is 2.38. The zero-order valence-corrected chi connectivity index (χ0v) is 9.12. The number of carbonyl (C=O) groups is 1. The number of aliphatic hydroxyl groups is 1. The number of Topliss-reactive ketones (excluding diaryl/α,β-unsaturated/α-hetero) is 1. The molecular formula is C12H20O2. The minimum atomic E-state index is -0.604. The SMILES string of the molecule is C=CC[C@@]1(O)CC[C@H](C(C)=O)[C@@H](C)C1. The van der Waals surface area contributed by atoms with E-state index in [9.17, 15) is 9.90 Å². The van der Waals surface area contributed by atoms with E-state index in [0.29, 0.717) is 12.3 Å². The molecule has 0 heterocycles. The summed E-state index contributed by atoms with van der Waals surface area (Å²) in [5.41, 5.74) is -0.604. The zero-order valence-electron chi connectivity index (χ0n) is 9.12. The lowest BCUT2D eigenvalue weighted by Gasteiger charge is -2.38. The maximum absolute atomic E-state index is 11.3. The van der Waals surface area contributed by atoms with Crippen LogP contribution in [-0.2, 0) is 4.79 Å². The van der Waals surface area contributed by atoms with Gasteiger partial charge in [0.25, 0.3) is 0 Å². The molecule has 0 unspecified atom stereocenters. The topological polar surface area (TPSA) is 37.3 Å². The second-order valence-electron chi connectivity index (χ2n) is 4.65. The van der Waals surface area contributed by atoms with Crippen LogP contribution in [0.5, 0.6) is 0 Å². The molecule has 0 bridgehead atoms. The summed E-state index contributed by atoms with van der Waals surface area (Å²) >= 11 is 0. The molecular weight excluding hydrogens is 176 g/mol. The highest BCUT2D eigenvalue weighted by molar-refractivity contribution is 5.78. The van der Waals surface area contributed by atoms with Crippen LogP contribution in [0.15, 0.2) is 12.7 Å². The summed E-state index contributed by atoms with van der Waals surface area (Å²) in [6, 6.07) is 0. The summed E-state index contributed by atoms with van der Waals surface area (Å²) in [4.78, 5) is 11.3. The van der Waals surface area contributed by atoms with Crippen molar-refractivity contribution in [1.29, 1.82) is 0 Å². The lowest BCUT2D eigenvalue weighted by atomic mass is 9.70. The van der Waals surface area contributed by atoms with E-state index in [-0.39, 0.29) is 11.7 Å². The van der Waals surface area contributed by atoms with Gasteiger partial charge >= 0.3 is 0 Å². The molecule has 0 aromatic rings. The Morgan fingerprint density at radius 3 is 2.79 bits per heavy atom. The molecule has 1 fully saturated rings. The number of carbonyl (C=O) groups excluding carboxylic acids is 1. The smallest absolute Gasteiger partial charge is 0.133 e. The van der Waals surface area contributed by atoms with Crippen LogP contribution < -0.4 is 0 Å². The highest BCUT2D eigenvalue weighted by Crippen LogP contribution is 2.38. The molecule has 0 radical (unpaired) electrons. The van der Waals surface area contributed by atoms with Gasteiger partial charge in [-0.2, -0.15) is 0 Å². The predicted octanol–water partition coefficient (Wildman–Crippen LogP) is 2.32. The molecule has 2 nitrogen and oxygen atoms in total. The van der Waals surface area contributed by atoms with Crippen LogP contribution in [0.25, 0.3) is 0 Å². The van der Waals surface area contributed by atoms with Gasteiger partial charge in [0.05, 0.1) is 5.60 Å². The molecule has 2 heteroatoms. The molecule has 0 aromatic heterocycles. The van der Waals surface area contributed by atoms with Crippen molar-refractivity contribution in [2.45, 2.75) is 45.1 Å². The lowest BCUT2D eigenvalue weighted by molar-refractivity contribution is -0.126. The van der Waals surface area contributed by atoms with Crippen molar-refractivity contribution in [3.05, 3.63) is 12.7 Å². The van der Waals surface area contributed by atoms with Crippen LogP contribution >= 0.6 is 0 Å². The van der Waals surface area contributed by atoms with E-state index >= 15 is 0 Å². The number of rotatable bonds is 3. The normalized spacial score (nSPS) is 37.9. The van der Waals surface area contributed by atoms with Gasteiger partial charge in [0.15, 0.2) is 0 Å². The van der Waals surface area contributed by atoms with Crippen molar-refractivity contribution < 1.29 is 9.90 Å². The molecule has 1 saturated carbocycles. The van der Waals surface area contributed by atoms with Crippen LogP contribution in [0.1, 0.15) is 39.5 Å². The third-order valence-corrected chi connectivity index (χ3v) is 3.36. The number of ketones is 1. The summed E-state index contributed by atoms with van der Waals surface area (Å²) in [5.74, 6) is 0.712.